The molecule has 27 heavy (non-hydrogen) atoms. The summed E-state index contributed by atoms with van der Waals surface area (Å²) in [5, 5.41) is 0. The Kier molecular flexibility index (Phi) is 5.57. The first-order valence-electron chi connectivity index (χ1n) is 8.58. The van der Waals surface area contributed by atoms with Crippen LogP contribution >= 0.6 is 0 Å². The molecule has 0 N–H and O–H groups in total. The van der Waals surface area contributed by atoms with E-state index in [0.717, 1.165) is 12.1 Å². The van der Waals surface area contributed by atoms with E-state index < -0.39 is 27.6 Å². The number of rotatable bonds is 4. The highest BCUT2D eigenvalue weighted by molar-refractivity contribution is 7.89. The maximum atomic E-state index is 13.1. The highest BCUT2D eigenvalue weighted by Gasteiger charge is 2.34. The standard InChI is InChI=1S/C19H20F2N2O3S/c1-22(17-8-4-15(20)5-9-17)19(24)14-3-2-12-23(13-14)27(25,26)18-10-6-16(21)7-11-18/h4-11,14H,2-3,12-13H2,1H3. The van der Waals surface area contributed by atoms with Gasteiger partial charge in [-0.25, -0.2) is 17.2 Å². The third-order valence-electron chi connectivity index (χ3n) is 4.73. The Morgan fingerprint density at radius 2 is 1.59 bits per heavy atom. The fourth-order valence-corrected chi connectivity index (χ4v) is 4.71. The van der Waals surface area contributed by atoms with Gasteiger partial charge in [0, 0.05) is 25.8 Å². The van der Waals surface area contributed by atoms with Gasteiger partial charge in [0.2, 0.25) is 15.9 Å². The molecule has 0 bridgehead atoms. The van der Waals surface area contributed by atoms with Crippen LogP contribution in [0.1, 0.15) is 12.8 Å². The topological polar surface area (TPSA) is 57.7 Å². The second kappa shape index (κ2) is 7.74. The van der Waals surface area contributed by atoms with Gasteiger partial charge in [-0.15, -0.1) is 0 Å². The van der Waals surface area contributed by atoms with Crippen LogP contribution in [0.3, 0.4) is 0 Å². The van der Waals surface area contributed by atoms with Crippen molar-refractivity contribution >= 4 is 21.6 Å². The van der Waals surface area contributed by atoms with Crippen LogP contribution in [0.4, 0.5) is 14.5 Å². The smallest absolute Gasteiger partial charge is 0.243 e. The highest BCUT2D eigenvalue weighted by atomic mass is 32.2. The van der Waals surface area contributed by atoms with Gasteiger partial charge < -0.3 is 4.90 Å². The van der Waals surface area contributed by atoms with Crippen LogP contribution in [0.15, 0.2) is 53.4 Å². The molecule has 1 aliphatic heterocycles. The van der Waals surface area contributed by atoms with E-state index in [9.17, 15) is 22.0 Å². The zero-order valence-corrected chi connectivity index (χ0v) is 15.6. The van der Waals surface area contributed by atoms with E-state index in [-0.39, 0.29) is 17.3 Å². The van der Waals surface area contributed by atoms with E-state index in [1.807, 2.05) is 0 Å². The Morgan fingerprint density at radius 3 is 2.19 bits per heavy atom. The highest BCUT2D eigenvalue weighted by Crippen LogP contribution is 2.26. The van der Waals surface area contributed by atoms with Crippen molar-refractivity contribution in [3.05, 3.63) is 60.2 Å². The monoisotopic (exact) mass is 394 g/mol. The Hall–Kier alpha value is -2.32. The molecule has 0 aromatic heterocycles. The molecule has 0 spiro atoms. The second-order valence-corrected chi connectivity index (χ2v) is 8.47. The van der Waals surface area contributed by atoms with Crippen LogP contribution in [0, 0.1) is 17.6 Å². The summed E-state index contributed by atoms with van der Waals surface area (Å²) in [6.45, 7) is 0.369. The van der Waals surface area contributed by atoms with Gasteiger partial charge in [-0.2, -0.15) is 4.31 Å². The van der Waals surface area contributed by atoms with E-state index >= 15 is 0 Å². The lowest BCUT2D eigenvalue weighted by molar-refractivity contribution is -0.123. The van der Waals surface area contributed by atoms with Gasteiger partial charge in [0.05, 0.1) is 10.8 Å². The van der Waals surface area contributed by atoms with Gasteiger partial charge in [-0.05, 0) is 61.4 Å². The summed E-state index contributed by atoms with van der Waals surface area (Å²) in [5.41, 5.74) is 0.542. The van der Waals surface area contributed by atoms with Gasteiger partial charge in [0.1, 0.15) is 11.6 Å². The lowest BCUT2D eigenvalue weighted by Gasteiger charge is -2.33. The lowest BCUT2D eigenvalue weighted by Crippen LogP contribution is -2.45. The Labute approximate surface area is 157 Å². The van der Waals surface area contributed by atoms with Gasteiger partial charge in [-0.1, -0.05) is 0 Å². The quantitative estimate of drug-likeness (QED) is 0.801. The molecule has 1 aliphatic rings. The molecule has 0 saturated carbocycles. The number of halogens is 2. The number of piperidine rings is 1. The summed E-state index contributed by atoms with van der Waals surface area (Å²) in [7, 11) is -2.21. The number of benzene rings is 2. The van der Waals surface area contributed by atoms with Crippen molar-refractivity contribution in [2.24, 2.45) is 5.92 Å². The van der Waals surface area contributed by atoms with Gasteiger partial charge >= 0.3 is 0 Å². The summed E-state index contributed by atoms with van der Waals surface area (Å²) >= 11 is 0. The summed E-state index contributed by atoms with van der Waals surface area (Å²) in [6.07, 6.45) is 1.12. The molecule has 5 nitrogen and oxygen atoms in total. The van der Waals surface area contributed by atoms with Crippen molar-refractivity contribution in [2.75, 3.05) is 25.0 Å². The molecule has 1 fully saturated rings. The maximum absolute atomic E-state index is 13.1. The molecule has 8 heteroatoms. The van der Waals surface area contributed by atoms with Crippen LogP contribution in [0.2, 0.25) is 0 Å². The number of carbonyl (C=O) groups is 1. The molecule has 1 atom stereocenters. The van der Waals surface area contributed by atoms with Crippen LogP contribution in [-0.2, 0) is 14.8 Å². The van der Waals surface area contributed by atoms with E-state index in [1.165, 1.54) is 45.6 Å². The number of anilines is 1. The molecular formula is C19H20F2N2O3S. The SMILES string of the molecule is CN(C(=O)C1CCCN(S(=O)(=O)c2ccc(F)cc2)C1)c1ccc(F)cc1. The van der Waals surface area contributed by atoms with Crippen LogP contribution in [0.5, 0.6) is 0 Å². The van der Waals surface area contributed by atoms with Gasteiger partial charge in [-0.3, -0.25) is 4.79 Å². The maximum Gasteiger partial charge on any atom is 0.243 e. The van der Waals surface area contributed by atoms with Gasteiger partial charge in [0.25, 0.3) is 0 Å². The van der Waals surface area contributed by atoms with E-state index in [1.54, 1.807) is 7.05 Å². The first kappa shape index (κ1) is 19.4. The molecule has 2 aromatic rings. The second-order valence-electron chi connectivity index (χ2n) is 6.53. The van der Waals surface area contributed by atoms with Crippen molar-refractivity contribution < 1.29 is 22.0 Å². The minimum absolute atomic E-state index is 0.00360. The van der Waals surface area contributed by atoms with Gasteiger partial charge in [0.15, 0.2) is 0 Å². The summed E-state index contributed by atoms with van der Waals surface area (Å²) in [4.78, 5) is 14.2. The van der Waals surface area contributed by atoms with Crippen LogP contribution < -0.4 is 4.90 Å². The molecule has 3 rings (SSSR count). The van der Waals surface area contributed by atoms with E-state index in [0.29, 0.717) is 25.1 Å². The van der Waals surface area contributed by atoms with Crippen LogP contribution in [-0.4, -0.2) is 38.8 Å². The molecule has 1 saturated heterocycles. The fraction of sp³-hybridized carbons (Fsp3) is 0.316. The molecule has 1 unspecified atom stereocenters. The number of amides is 1. The first-order valence-corrected chi connectivity index (χ1v) is 10.0. The number of nitrogens with zero attached hydrogens (tertiary/aromatic N) is 2. The first-order chi connectivity index (χ1) is 12.8. The van der Waals surface area contributed by atoms with Crippen molar-refractivity contribution in [3.63, 3.8) is 0 Å². The minimum Gasteiger partial charge on any atom is -0.315 e. The number of hydrogen-bond acceptors (Lipinski definition) is 3. The number of sulfonamides is 1. The predicted molar refractivity (Wildman–Crippen MR) is 97.7 cm³/mol. The normalized spacial score (nSPS) is 18.3. The van der Waals surface area contributed by atoms with E-state index in [2.05, 4.69) is 0 Å². The minimum atomic E-state index is -3.79. The molecule has 0 aliphatic carbocycles. The largest absolute Gasteiger partial charge is 0.315 e. The number of carbonyl (C=O) groups excluding carboxylic acids is 1. The van der Waals surface area contributed by atoms with Crippen molar-refractivity contribution in [3.8, 4) is 0 Å². The molecule has 0 radical (unpaired) electrons. The van der Waals surface area contributed by atoms with Crippen molar-refractivity contribution in [1.82, 2.24) is 4.31 Å². The molecule has 2 aromatic carbocycles. The molecule has 144 valence electrons. The Morgan fingerprint density at radius 1 is 1.04 bits per heavy atom. The van der Waals surface area contributed by atoms with Crippen molar-refractivity contribution in [1.29, 1.82) is 0 Å². The average Bonchev–Trinajstić information content (AvgIpc) is 2.68. The average molecular weight is 394 g/mol. The zero-order chi connectivity index (χ0) is 19.6. The zero-order valence-electron chi connectivity index (χ0n) is 14.8. The van der Waals surface area contributed by atoms with Crippen LogP contribution in [0.25, 0.3) is 0 Å². The Bertz CT molecular complexity index is 915. The predicted octanol–water partition coefficient (Wildman–Crippen LogP) is 3.03. The summed E-state index contributed by atoms with van der Waals surface area (Å²) in [6, 6.07) is 10.2. The fourth-order valence-electron chi connectivity index (χ4n) is 3.18. The molecule has 1 amide bonds. The third-order valence-corrected chi connectivity index (χ3v) is 6.61. The molecule has 1 heterocycles. The lowest BCUT2D eigenvalue weighted by atomic mass is 9.98. The summed E-state index contributed by atoms with van der Waals surface area (Å²) < 4.78 is 53.0. The Balaban J connectivity index is 1.76. The van der Waals surface area contributed by atoms with Crippen molar-refractivity contribution in [2.45, 2.75) is 17.7 Å². The van der Waals surface area contributed by atoms with E-state index in [4.69, 9.17) is 0 Å². The third kappa shape index (κ3) is 4.17. The molecular weight excluding hydrogens is 374 g/mol. The number of hydrogen-bond donors (Lipinski definition) is 0. The summed E-state index contributed by atoms with van der Waals surface area (Å²) in [5.74, 6) is -1.62.